The second kappa shape index (κ2) is 7.42. The molecule has 0 spiro atoms. The number of nitrogens with one attached hydrogen (secondary N) is 2. The van der Waals surface area contributed by atoms with Gasteiger partial charge in [0.25, 0.3) is 0 Å². The number of ether oxygens (including phenoxy) is 2. The van der Waals surface area contributed by atoms with Gasteiger partial charge in [-0.1, -0.05) is 12.1 Å². The van der Waals surface area contributed by atoms with Crippen LogP contribution in [0.2, 0.25) is 0 Å². The summed E-state index contributed by atoms with van der Waals surface area (Å²) in [5.41, 5.74) is 1.96. The van der Waals surface area contributed by atoms with E-state index < -0.39 is 5.97 Å². The molecule has 0 atom stereocenters. The first-order chi connectivity index (χ1) is 10.6. The third-order valence-electron chi connectivity index (χ3n) is 2.87. The lowest BCUT2D eigenvalue weighted by Gasteiger charge is -2.12. The Bertz CT molecular complexity index is 689. The van der Waals surface area contributed by atoms with Gasteiger partial charge in [-0.3, -0.25) is 0 Å². The van der Waals surface area contributed by atoms with Gasteiger partial charge in [0.15, 0.2) is 5.11 Å². The van der Waals surface area contributed by atoms with Crippen molar-refractivity contribution in [3.05, 3.63) is 54.1 Å². The van der Waals surface area contributed by atoms with Gasteiger partial charge in [-0.05, 0) is 42.5 Å². The summed E-state index contributed by atoms with van der Waals surface area (Å²) in [7, 11) is 2.95. The summed E-state index contributed by atoms with van der Waals surface area (Å²) in [6.07, 6.45) is 0. The van der Waals surface area contributed by atoms with Crippen molar-refractivity contribution in [3.8, 4) is 5.75 Å². The highest BCUT2D eigenvalue weighted by Crippen LogP contribution is 2.17. The molecule has 0 saturated heterocycles. The van der Waals surface area contributed by atoms with Gasteiger partial charge in [0.05, 0.1) is 19.8 Å². The van der Waals surface area contributed by atoms with Crippen molar-refractivity contribution in [2.75, 3.05) is 24.9 Å². The monoisotopic (exact) mass is 316 g/mol. The first kappa shape index (κ1) is 15.8. The molecule has 22 heavy (non-hydrogen) atoms. The van der Waals surface area contributed by atoms with Crippen LogP contribution in [0.15, 0.2) is 48.5 Å². The lowest BCUT2D eigenvalue weighted by atomic mass is 10.2. The van der Waals surface area contributed by atoms with Gasteiger partial charge >= 0.3 is 5.97 Å². The molecule has 6 heteroatoms. The van der Waals surface area contributed by atoms with E-state index in [9.17, 15) is 4.79 Å². The number of hydrogen-bond donors (Lipinski definition) is 2. The first-order valence-corrected chi connectivity index (χ1v) is 6.93. The lowest BCUT2D eigenvalue weighted by Crippen LogP contribution is -2.19. The predicted octanol–water partition coefficient (Wildman–Crippen LogP) is 3.29. The number of anilines is 2. The number of carbonyl (C=O) groups is 1. The SMILES string of the molecule is COC(=O)c1cccc(NC(=S)Nc2cccc(OC)c2)c1. The summed E-state index contributed by atoms with van der Waals surface area (Å²) in [6, 6.07) is 14.3. The minimum atomic E-state index is -0.393. The van der Waals surface area contributed by atoms with Crippen LogP contribution < -0.4 is 15.4 Å². The molecular weight excluding hydrogens is 300 g/mol. The van der Waals surface area contributed by atoms with Crippen molar-refractivity contribution in [2.24, 2.45) is 0 Å². The quantitative estimate of drug-likeness (QED) is 0.667. The molecule has 2 aromatic rings. The molecule has 2 aromatic carbocycles. The van der Waals surface area contributed by atoms with E-state index in [0.29, 0.717) is 16.4 Å². The summed E-state index contributed by atoms with van der Waals surface area (Å²) < 4.78 is 9.84. The smallest absolute Gasteiger partial charge is 0.337 e. The fraction of sp³-hybridized carbons (Fsp3) is 0.125. The Morgan fingerprint density at radius 3 is 2.27 bits per heavy atom. The molecule has 0 aliphatic carbocycles. The second-order valence-corrected chi connectivity index (χ2v) is 4.79. The summed E-state index contributed by atoms with van der Waals surface area (Å²) >= 11 is 5.26. The van der Waals surface area contributed by atoms with Crippen LogP contribution in [-0.4, -0.2) is 25.3 Å². The number of benzene rings is 2. The molecule has 2 rings (SSSR count). The zero-order chi connectivity index (χ0) is 15.9. The standard InChI is InChI=1S/C16H16N2O3S/c1-20-14-8-4-7-13(10-14)18-16(22)17-12-6-3-5-11(9-12)15(19)21-2/h3-10H,1-2H3,(H2,17,18,22). The van der Waals surface area contributed by atoms with E-state index in [-0.39, 0.29) is 0 Å². The molecule has 2 N–H and O–H groups in total. The van der Waals surface area contributed by atoms with Crippen LogP contribution in [0.4, 0.5) is 11.4 Å². The molecule has 0 saturated carbocycles. The van der Waals surface area contributed by atoms with E-state index in [1.807, 2.05) is 30.3 Å². The maximum Gasteiger partial charge on any atom is 0.337 e. The molecule has 0 aromatic heterocycles. The molecule has 0 radical (unpaired) electrons. The molecule has 0 bridgehead atoms. The van der Waals surface area contributed by atoms with Gasteiger partial charge in [0.2, 0.25) is 0 Å². The molecule has 0 amide bonds. The molecule has 0 heterocycles. The fourth-order valence-electron chi connectivity index (χ4n) is 1.84. The van der Waals surface area contributed by atoms with Crippen molar-refractivity contribution in [2.45, 2.75) is 0 Å². The Hall–Kier alpha value is -2.60. The van der Waals surface area contributed by atoms with Crippen LogP contribution in [0.25, 0.3) is 0 Å². The van der Waals surface area contributed by atoms with Crippen molar-refractivity contribution in [1.82, 2.24) is 0 Å². The molecule has 0 unspecified atom stereocenters. The zero-order valence-corrected chi connectivity index (χ0v) is 13.1. The second-order valence-electron chi connectivity index (χ2n) is 4.38. The highest BCUT2D eigenvalue weighted by Gasteiger charge is 2.06. The van der Waals surface area contributed by atoms with Gasteiger partial charge in [0, 0.05) is 17.4 Å². The minimum absolute atomic E-state index is 0.393. The summed E-state index contributed by atoms with van der Waals surface area (Å²) in [6.45, 7) is 0. The van der Waals surface area contributed by atoms with Crippen molar-refractivity contribution in [1.29, 1.82) is 0 Å². The van der Waals surface area contributed by atoms with E-state index in [1.54, 1.807) is 25.3 Å². The highest BCUT2D eigenvalue weighted by molar-refractivity contribution is 7.80. The van der Waals surface area contributed by atoms with E-state index in [0.717, 1.165) is 11.4 Å². The number of esters is 1. The number of rotatable bonds is 4. The van der Waals surface area contributed by atoms with Crippen LogP contribution in [0.1, 0.15) is 10.4 Å². The average Bonchev–Trinajstić information content (AvgIpc) is 2.54. The molecule has 114 valence electrons. The Kier molecular flexibility index (Phi) is 5.32. The number of methoxy groups -OCH3 is 2. The maximum atomic E-state index is 11.5. The van der Waals surface area contributed by atoms with Gasteiger partial charge in [-0.25, -0.2) is 4.79 Å². The normalized spacial score (nSPS) is 9.73. The van der Waals surface area contributed by atoms with Crippen molar-refractivity contribution >= 4 is 34.7 Å². The first-order valence-electron chi connectivity index (χ1n) is 6.53. The van der Waals surface area contributed by atoms with Crippen LogP contribution in [0, 0.1) is 0 Å². The molecule has 0 fully saturated rings. The summed E-state index contributed by atoms with van der Waals surface area (Å²) in [4.78, 5) is 11.5. The van der Waals surface area contributed by atoms with Gasteiger partial charge < -0.3 is 20.1 Å². The van der Waals surface area contributed by atoms with Crippen molar-refractivity contribution < 1.29 is 14.3 Å². The number of thiocarbonyl (C=S) groups is 1. The molecular formula is C16H16N2O3S. The third kappa shape index (κ3) is 4.20. The van der Waals surface area contributed by atoms with E-state index in [2.05, 4.69) is 15.4 Å². The Balaban J connectivity index is 2.04. The average molecular weight is 316 g/mol. The highest BCUT2D eigenvalue weighted by atomic mass is 32.1. The van der Waals surface area contributed by atoms with Crippen LogP contribution in [0.5, 0.6) is 5.75 Å². The Morgan fingerprint density at radius 2 is 1.64 bits per heavy atom. The van der Waals surface area contributed by atoms with Crippen LogP contribution in [-0.2, 0) is 4.74 Å². The number of carbonyl (C=O) groups excluding carboxylic acids is 1. The van der Waals surface area contributed by atoms with Gasteiger partial charge in [-0.2, -0.15) is 0 Å². The summed E-state index contributed by atoms with van der Waals surface area (Å²) in [5, 5.41) is 6.48. The topological polar surface area (TPSA) is 59.6 Å². The predicted molar refractivity (Wildman–Crippen MR) is 90.6 cm³/mol. The van der Waals surface area contributed by atoms with Gasteiger partial charge in [0.1, 0.15) is 5.75 Å². The fourth-order valence-corrected chi connectivity index (χ4v) is 2.07. The largest absolute Gasteiger partial charge is 0.497 e. The minimum Gasteiger partial charge on any atom is -0.497 e. The van der Waals surface area contributed by atoms with Crippen LogP contribution >= 0.6 is 12.2 Å². The Labute approximate surface area is 134 Å². The molecule has 0 aliphatic rings. The third-order valence-corrected chi connectivity index (χ3v) is 3.07. The van der Waals surface area contributed by atoms with E-state index >= 15 is 0 Å². The van der Waals surface area contributed by atoms with Crippen LogP contribution in [0.3, 0.4) is 0 Å². The summed E-state index contributed by atoms with van der Waals surface area (Å²) in [5.74, 6) is 0.343. The lowest BCUT2D eigenvalue weighted by molar-refractivity contribution is 0.0601. The molecule has 5 nitrogen and oxygen atoms in total. The number of hydrogen-bond acceptors (Lipinski definition) is 4. The maximum absolute atomic E-state index is 11.5. The van der Waals surface area contributed by atoms with E-state index in [1.165, 1.54) is 7.11 Å². The van der Waals surface area contributed by atoms with Gasteiger partial charge in [-0.15, -0.1) is 0 Å². The molecule has 0 aliphatic heterocycles. The zero-order valence-electron chi connectivity index (χ0n) is 12.3. The Morgan fingerprint density at radius 1 is 1.00 bits per heavy atom. The van der Waals surface area contributed by atoms with E-state index in [4.69, 9.17) is 17.0 Å². The van der Waals surface area contributed by atoms with Crippen molar-refractivity contribution in [3.63, 3.8) is 0 Å².